The van der Waals surface area contributed by atoms with E-state index in [1.54, 1.807) is 0 Å². The van der Waals surface area contributed by atoms with E-state index in [4.69, 9.17) is 4.74 Å². The molecule has 0 amide bonds. The van der Waals surface area contributed by atoms with Crippen molar-refractivity contribution in [1.29, 1.82) is 0 Å². The summed E-state index contributed by atoms with van der Waals surface area (Å²) in [5, 5.41) is 2.93. The van der Waals surface area contributed by atoms with Crippen LogP contribution in [0.25, 0.3) is 0 Å². The van der Waals surface area contributed by atoms with Gasteiger partial charge >= 0.3 is 0 Å². The van der Waals surface area contributed by atoms with Gasteiger partial charge in [0.25, 0.3) is 5.88 Å². The first-order chi connectivity index (χ1) is 9.51. The molecule has 0 atom stereocenters. The summed E-state index contributed by atoms with van der Waals surface area (Å²) >= 11 is 0. The van der Waals surface area contributed by atoms with Crippen LogP contribution in [-0.2, 0) is 0 Å². The molecule has 5 heteroatoms. The summed E-state index contributed by atoms with van der Waals surface area (Å²) in [7, 11) is 0. The quantitative estimate of drug-likeness (QED) is 0.922. The average Bonchev–Trinajstić information content (AvgIpc) is 2.39. The van der Waals surface area contributed by atoms with Crippen LogP contribution in [0.4, 0.5) is 10.3 Å². The molecule has 0 fully saturated rings. The summed E-state index contributed by atoms with van der Waals surface area (Å²) in [5.41, 5.74) is 3.13. The topological polar surface area (TPSA) is 47.0 Å². The van der Waals surface area contributed by atoms with E-state index >= 15 is 0 Å². The summed E-state index contributed by atoms with van der Waals surface area (Å²) in [5.74, 6) is 0.322. The van der Waals surface area contributed by atoms with E-state index < -0.39 is 5.82 Å². The molecule has 1 N–H and O–H groups in total. The Morgan fingerprint density at radius 2 is 2.00 bits per heavy atom. The highest BCUT2D eigenvalue weighted by atomic mass is 19.1. The van der Waals surface area contributed by atoms with E-state index in [2.05, 4.69) is 21.4 Å². The largest absolute Gasteiger partial charge is 0.436 e. The molecule has 1 aromatic carbocycles. The van der Waals surface area contributed by atoms with Crippen LogP contribution in [0.1, 0.15) is 23.6 Å². The highest BCUT2D eigenvalue weighted by Gasteiger charge is 2.12. The lowest BCUT2D eigenvalue weighted by Crippen LogP contribution is -2.04. The summed E-state index contributed by atoms with van der Waals surface area (Å²) in [6.07, 6.45) is 1.11. The second kappa shape index (κ2) is 5.86. The molecule has 1 heterocycles. The molecule has 0 aliphatic heterocycles. The molecule has 0 spiro atoms. The van der Waals surface area contributed by atoms with Crippen LogP contribution in [0.15, 0.2) is 18.3 Å². The van der Waals surface area contributed by atoms with Crippen LogP contribution >= 0.6 is 0 Å². The number of ether oxygens (including phenoxy) is 1. The van der Waals surface area contributed by atoms with Gasteiger partial charge in [-0.25, -0.2) is 4.98 Å². The zero-order valence-electron chi connectivity index (χ0n) is 12.1. The molecule has 0 unspecified atom stereocenters. The minimum absolute atomic E-state index is 0.0657. The van der Waals surface area contributed by atoms with E-state index in [0.29, 0.717) is 18.2 Å². The Morgan fingerprint density at radius 1 is 1.25 bits per heavy atom. The number of hydrogen-bond donors (Lipinski definition) is 1. The maximum Gasteiger partial charge on any atom is 0.260 e. The number of benzene rings is 1. The van der Waals surface area contributed by atoms with Crippen molar-refractivity contribution in [3.05, 3.63) is 40.8 Å². The lowest BCUT2D eigenvalue weighted by Gasteiger charge is -2.12. The standard InChI is InChI=1S/C15H18FN3O/c1-5-17-15-18-8-12(16)14(19-15)20-13-7-9(2)6-10(3)11(13)4/h6-8H,5H2,1-4H3,(H,17,18,19). The smallest absolute Gasteiger partial charge is 0.260 e. The molecular formula is C15H18FN3O. The van der Waals surface area contributed by atoms with Crippen LogP contribution in [0, 0.1) is 26.6 Å². The van der Waals surface area contributed by atoms with Crippen molar-refractivity contribution >= 4 is 5.95 Å². The molecule has 0 saturated heterocycles. The van der Waals surface area contributed by atoms with Gasteiger partial charge in [-0.1, -0.05) is 6.07 Å². The van der Waals surface area contributed by atoms with E-state index in [1.807, 2.05) is 33.8 Å². The van der Waals surface area contributed by atoms with Crippen molar-refractivity contribution in [2.24, 2.45) is 0 Å². The zero-order chi connectivity index (χ0) is 14.7. The van der Waals surface area contributed by atoms with Gasteiger partial charge in [-0.2, -0.15) is 9.37 Å². The van der Waals surface area contributed by atoms with Gasteiger partial charge in [0.1, 0.15) is 5.75 Å². The van der Waals surface area contributed by atoms with Crippen molar-refractivity contribution in [2.45, 2.75) is 27.7 Å². The predicted molar refractivity (Wildman–Crippen MR) is 76.9 cm³/mol. The summed E-state index contributed by atoms with van der Waals surface area (Å²) in [6.45, 7) is 8.48. The van der Waals surface area contributed by atoms with Crippen LogP contribution < -0.4 is 10.1 Å². The molecule has 0 radical (unpaired) electrons. The van der Waals surface area contributed by atoms with Crippen LogP contribution in [0.3, 0.4) is 0 Å². The number of halogens is 1. The molecular weight excluding hydrogens is 257 g/mol. The van der Waals surface area contributed by atoms with Gasteiger partial charge in [0.2, 0.25) is 11.8 Å². The molecule has 0 aliphatic carbocycles. The van der Waals surface area contributed by atoms with Gasteiger partial charge in [-0.3, -0.25) is 0 Å². The normalized spacial score (nSPS) is 10.4. The predicted octanol–water partition coefficient (Wildman–Crippen LogP) is 3.77. The lowest BCUT2D eigenvalue weighted by molar-refractivity contribution is 0.417. The summed E-state index contributed by atoms with van der Waals surface area (Å²) in [4.78, 5) is 7.89. The second-order valence-corrected chi connectivity index (χ2v) is 4.68. The van der Waals surface area contributed by atoms with Gasteiger partial charge in [0.05, 0.1) is 6.20 Å². The van der Waals surface area contributed by atoms with Crippen molar-refractivity contribution < 1.29 is 9.13 Å². The van der Waals surface area contributed by atoms with E-state index in [1.165, 1.54) is 0 Å². The Labute approximate surface area is 118 Å². The average molecular weight is 275 g/mol. The third kappa shape index (κ3) is 3.04. The SMILES string of the molecule is CCNc1ncc(F)c(Oc2cc(C)cc(C)c2C)n1. The second-order valence-electron chi connectivity index (χ2n) is 4.68. The Morgan fingerprint density at radius 3 is 2.70 bits per heavy atom. The van der Waals surface area contributed by atoms with E-state index in [9.17, 15) is 4.39 Å². The van der Waals surface area contributed by atoms with Gasteiger partial charge in [-0.15, -0.1) is 0 Å². The monoisotopic (exact) mass is 275 g/mol. The van der Waals surface area contributed by atoms with Crippen molar-refractivity contribution in [3.63, 3.8) is 0 Å². The number of anilines is 1. The Balaban J connectivity index is 2.36. The first-order valence-electron chi connectivity index (χ1n) is 6.53. The molecule has 20 heavy (non-hydrogen) atoms. The first-order valence-corrected chi connectivity index (χ1v) is 6.53. The van der Waals surface area contributed by atoms with Gasteiger partial charge in [0, 0.05) is 6.54 Å². The van der Waals surface area contributed by atoms with Gasteiger partial charge in [0.15, 0.2) is 0 Å². The molecule has 1 aromatic heterocycles. The zero-order valence-corrected chi connectivity index (χ0v) is 12.1. The summed E-state index contributed by atoms with van der Waals surface area (Å²) in [6, 6.07) is 3.93. The lowest BCUT2D eigenvalue weighted by atomic mass is 10.1. The van der Waals surface area contributed by atoms with Crippen molar-refractivity contribution in [3.8, 4) is 11.6 Å². The number of nitrogens with zero attached hydrogens (tertiary/aromatic N) is 2. The molecule has 4 nitrogen and oxygen atoms in total. The van der Waals surface area contributed by atoms with Crippen LogP contribution in [0.2, 0.25) is 0 Å². The minimum atomic E-state index is -0.579. The van der Waals surface area contributed by atoms with Crippen molar-refractivity contribution in [2.75, 3.05) is 11.9 Å². The Kier molecular flexibility index (Phi) is 4.17. The molecule has 0 saturated carbocycles. The minimum Gasteiger partial charge on any atom is -0.436 e. The molecule has 0 aliphatic rings. The number of rotatable bonds is 4. The fourth-order valence-electron chi connectivity index (χ4n) is 1.88. The van der Waals surface area contributed by atoms with Crippen LogP contribution in [-0.4, -0.2) is 16.5 Å². The maximum absolute atomic E-state index is 13.8. The summed E-state index contributed by atoms with van der Waals surface area (Å²) < 4.78 is 19.4. The fraction of sp³-hybridized carbons (Fsp3) is 0.333. The molecule has 2 aromatic rings. The number of aromatic nitrogens is 2. The first kappa shape index (κ1) is 14.2. The molecule has 106 valence electrons. The highest BCUT2D eigenvalue weighted by Crippen LogP contribution is 2.29. The van der Waals surface area contributed by atoms with Crippen LogP contribution in [0.5, 0.6) is 11.6 Å². The van der Waals surface area contributed by atoms with Gasteiger partial charge in [-0.05, 0) is 50.5 Å². The molecule has 2 rings (SSSR count). The Hall–Kier alpha value is -2.17. The van der Waals surface area contributed by atoms with E-state index in [0.717, 1.165) is 22.9 Å². The fourth-order valence-corrected chi connectivity index (χ4v) is 1.88. The van der Waals surface area contributed by atoms with Gasteiger partial charge < -0.3 is 10.1 Å². The Bertz CT molecular complexity index is 629. The third-order valence-electron chi connectivity index (χ3n) is 3.02. The number of hydrogen-bond acceptors (Lipinski definition) is 4. The van der Waals surface area contributed by atoms with E-state index in [-0.39, 0.29) is 5.88 Å². The number of nitrogens with one attached hydrogen (secondary N) is 1. The van der Waals surface area contributed by atoms with Crippen molar-refractivity contribution in [1.82, 2.24) is 9.97 Å². The third-order valence-corrected chi connectivity index (χ3v) is 3.02. The highest BCUT2D eigenvalue weighted by molar-refractivity contribution is 5.44. The number of aryl methyl sites for hydroxylation is 2. The molecule has 0 bridgehead atoms. The maximum atomic E-state index is 13.8.